The quantitative estimate of drug-likeness (QED) is 0.451. The molecule has 0 aliphatic rings. The number of benzene rings is 1. The number of anilines is 1. The highest BCUT2D eigenvalue weighted by Gasteiger charge is 2.19. The molecule has 0 aliphatic carbocycles. The van der Waals surface area contributed by atoms with Crippen LogP contribution in [0.2, 0.25) is 0 Å². The average Bonchev–Trinajstić information content (AvgIpc) is 3.20. The largest absolute Gasteiger partial charge is 0.480 e. The molecule has 3 aromatic heterocycles. The van der Waals surface area contributed by atoms with Crippen LogP contribution in [-0.4, -0.2) is 35.1 Å². The maximum absolute atomic E-state index is 13.2. The van der Waals surface area contributed by atoms with Gasteiger partial charge in [-0.25, -0.2) is 27.3 Å². The molecule has 0 amide bonds. The zero-order chi connectivity index (χ0) is 23.6. The summed E-state index contributed by atoms with van der Waals surface area (Å²) in [5, 5.41) is 4.60. The lowest BCUT2D eigenvalue weighted by Gasteiger charge is -2.12. The minimum atomic E-state index is -4.00. The number of hydrogen-bond acceptors (Lipinski definition) is 6. The van der Waals surface area contributed by atoms with Crippen molar-refractivity contribution in [3.8, 4) is 29.0 Å². The second-order valence-corrected chi connectivity index (χ2v) is 9.08. The van der Waals surface area contributed by atoms with Gasteiger partial charge in [-0.1, -0.05) is 19.8 Å². The first-order valence-electron chi connectivity index (χ1n) is 9.96. The van der Waals surface area contributed by atoms with Crippen LogP contribution in [0.15, 0.2) is 59.8 Å². The highest BCUT2D eigenvalue weighted by atomic mass is 32.2. The molecule has 0 spiro atoms. The van der Waals surface area contributed by atoms with E-state index in [1.54, 1.807) is 28.9 Å². The predicted octanol–water partition coefficient (Wildman–Crippen LogP) is 3.75. The Morgan fingerprint density at radius 3 is 2.55 bits per heavy atom. The Hall–Kier alpha value is -3.97. The van der Waals surface area contributed by atoms with Crippen LogP contribution < -0.4 is 9.46 Å². The predicted molar refractivity (Wildman–Crippen MR) is 122 cm³/mol. The zero-order valence-corrected chi connectivity index (χ0v) is 18.9. The summed E-state index contributed by atoms with van der Waals surface area (Å²) in [5.41, 5.74) is 2.47. The highest BCUT2D eigenvalue weighted by molar-refractivity contribution is 7.92. The van der Waals surface area contributed by atoms with Crippen molar-refractivity contribution in [3.05, 3.63) is 66.4 Å². The number of fused-ring (bicyclic) bond motifs is 1. The van der Waals surface area contributed by atoms with Crippen molar-refractivity contribution in [2.75, 3.05) is 11.8 Å². The number of halogens is 1. The molecule has 1 aromatic carbocycles. The third-order valence-electron chi connectivity index (χ3n) is 4.56. The van der Waals surface area contributed by atoms with Crippen molar-refractivity contribution < 1.29 is 17.5 Å². The number of imidazole rings is 1. The van der Waals surface area contributed by atoms with E-state index >= 15 is 0 Å². The van der Waals surface area contributed by atoms with Gasteiger partial charge in [0.25, 0.3) is 10.0 Å². The van der Waals surface area contributed by atoms with E-state index in [1.165, 1.54) is 25.4 Å². The Morgan fingerprint density at radius 2 is 1.85 bits per heavy atom. The third kappa shape index (κ3) is 4.78. The summed E-state index contributed by atoms with van der Waals surface area (Å²) in [6.07, 6.45) is 3.18. The van der Waals surface area contributed by atoms with Gasteiger partial charge in [0.05, 0.1) is 23.9 Å². The van der Waals surface area contributed by atoms with Crippen LogP contribution in [0.25, 0.3) is 16.9 Å². The van der Waals surface area contributed by atoms with Crippen molar-refractivity contribution in [3.63, 3.8) is 0 Å². The molecule has 168 valence electrons. The molecule has 0 saturated carbocycles. The highest BCUT2D eigenvalue weighted by Crippen LogP contribution is 2.29. The minimum Gasteiger partial charge on any atom is -0.480 e. The molecule has 0 atom stereocenters. The minimum absolute atomic E-state index is 0.0802. The summed E-state index contributed by atoms with van der Waals surface area (Å²) in [6, 6.07) is 9.61. The van der Waals surface area contributed by atoms with E-state index in [9.17, 15) is 12.8 Å². The van der Waals surface area contributed by atoms with Gasteiger partial charge in [-0.05, 0) is 48.4 Å². The number of nitrogens with zero attached hydrogens (tertiary/aromatic N) is 4. The summed E-state index contributed by atoms with van der Waals surface area (Å²) < 4.78 is 48.1. The SMILES string of the molecule is COc1ncc(-c2ccc3ncc(C#CC(C)C)n3n2)cc1NS(=O)(=O)c1ccc(F)cc1. The number of aromatic nitrogens is 4. The van der Waals surface area contributed by atoms with E-state index in [-0.39, 0.29) is 22.4 Å². The molecule has 0 radical (unpaired) electrons. The molecule has 33 heavy (non-hydrogen) atoms. The van der Waals surface area contributed by atoms with Gasteiger partial charge in [-0.15, -0.1) is 0 Å². The molecule has 4 rings (SSSR count). The lowest BCUT2D eigenvalue weighted by Crippen LogP contribution is -2.14. The van der Waals surface area contributed by atoms with Crippen molar-refractivity contribution in [2.24, 2.45) is 5.92 Å². The van der Waals surface area contributed by atoms with Gasteiger partial charge in [0.15, 0.2) is 5.65 Å². The van der Waals surface area contributed by atoms with E-state index in [2.05, 4.69) is 31.6 Å². The molecule has 0 fully saturated rings. The lowest BCUT2D eigenvalue weighted by molar-refractivity contribution is 0.400. The van der Waals surface area contributed by atoms with Gasteiger partial charge in [-0.3, -0.25) is 4.72 Å². The molecule has 1 N–H and O–H groups in total. The normalized spacial score (nSPS) is 11.3. The third-order valence-corrected chi connectivity index (χ3v) is 5.94. The number of ether oxygens (including phenoxy) is 1. The summed E-state index contributed by atoms with van der Waals surface area (Å²) in [5.74, 6) is 5.89. The van der Waals surface area contributed by atoms with Crippen LogP contribution in [0, 0.1) is 23.6 Å². The molecule has 0 unspecified atom stereocenters. The molecule has 0 saturated heterocycles. The first-order valence-corrected chi connectivity index (χ1v) is 11.4. The topological polar surface area (TPSA) is 98.5 Å². The van der Waals surface area contributed by atoms with E-state index in [0.717, 1.165) is 12.1 Å². The van der Waals surface area contributed by atoms with Crippen LogP contribution in [0.1, 0.15) is 19.5 Å². The van der Waals surface area contributed by atoms with Crippen molar-refractivity contribution >= 4 is 21.4 Å². The van der Waals surface area contributed by atoms with Gasteiger partial charge in [-0.2, -0.15) is 5.10 Å². The van der Waals surface area contributed by atoms with E-state index < -0.39 is 15.8 Å². The Balaban J connectivity index is 1.74. The lowest BCUT2D eigenvalue weighted by atomic mass is 10.2. The van der Waals surface area contributed by atoms with Crippen LogP contribution in [0.4, 0.5) is 10.1 Å². The Bertz CT molecular complexity index is 1490. The Kier molecular flexibility index (Phi) is 5.98. The molecule has 4 aromatic rings. The second kappa shape index (κ2) is 8.88. The zero-order valence-electron chi connectivity index (χ0n) is 18.1. The van der Waals surface area contributed by atoms with Crippen LogP contribution >= 0.6 is 0 Å². The second-order valence-electron chi connectivity index (χ2n) is 7.40. The monoisotopic (exact) mass is 465 g/mol. The van der Waals surface area contributed by atoms with Crippen LogP contribution in [-0.2, 0) is 10.0 Å². The molecule has 0 bridgehead atoms. The first kappa shape index (κ1) is 22.2. The number of hydrogen-bond donors (Lipinski definition) is 1. The molecule has 0 aliphatic heterocycles. The van der Waals surface area contributed by atoms with Gasteiger partial charge in [0.2, 0.25) is 5.88 Å². The fourth-order valence-corrected chi connectivity index (χ4v) is 4.02. The van der Waals surface area contributed by atoms with E-state index in [4.69, 9.17) is 4.74 Å². The smallest absolute Gasteiger partial charge is 0.262 e. The summed E-state index contributed by atoms with van der Waals surface area (Å²) in [6.45, 7) is 3.99. The van der Waals surface area contributed by atoms with Crippen molar-refractivity contribution in [1.82, 2.24) is 19.6 Å². The molecule has 3 heterocycles. The standard InChI is InChI=1S/C23H20FN5O3S/c1-15(2)4-7-18-14-25-22-11-10-20(27-29(18)22)16-12-21(23(32-3)26-13-16)28-33(30,31)19-8-5-17(24)6-9-19/h5-6,8-15,28H,1-3H3. The van der Waals surface area contributed by atoms with Gasteiger partial charge in [0, 0.05) is 17.7 Å². The maximum atomic E-state index is 13.2. The number of methoxy groups -OCH3 is 1. The Labute approximate surface area is 190 Å². The number of pyridine rings is 1. The van der Waals surface area contributed by atoms with E-state index in [1.807, 2.05) is 13.8 Å². The van der Waals surface area contributed by atoms with E-state index in [0.29, 0.717) is 22.6 Å². The van der Waals surface area contributed by atoms with Crippen molar-refractivity contribution in [2.45, 2.75) is 18.7 Å². The Morgan fingerprint density at radius 1 is 1.09 bits per heavy atom. The number of sulfonamides is 1. The van der Waals surface area contributed by atoms with Crippen molar-refractivity contribution in [1.29, 1.82) is 0 Å². The summed E-state index contributed by atoms with van der Waals surface area (Å²) in [4.78, 5) is 8.43. The number of nitrogens with one attached hydrogen (secondary N) is 1. The van der Waals surface area contributed by atoms with Gasteiger partial charge < -0.3 is 4.74 Å². The summed E-state index contributed by atoms with van der Waals surface area (Å²) >= 11 is 0. The average molecular weight is 466 g/mol. The van der Waals surface area contributed by atoms with Gasteiger partial charge >= 0.3 is 0 Å². The summed E-state index contributed by atoms with van der Waals surface area (Å²) in [7, 11) is -2.62. The van der Waals surface area contributed by atoms with Gasteiger partial charge in [0.1, 0.15) is 17.2 Å². The fraction of sp³-hybridized carbons (Fsp3) is 0.174. The molecular formula is C23H20FN5O3S. The molecular weight excluding hydrogens is 445 g/mol. The fourth-order valence-electron chi connectivity index (χ4n) is 2.98. The molecule has 8 nitrogen and oxygen atoms in total. The number of rotatable bonds is 5. The maximum Gasteiger partial charge on any atom is 0.262 e. The van der Waals surface area contributed by atoms with Crippen LogP contribution in [0.5, 0.6) is 5.88 Å². The first-order chi connectivity index (χ1) is 15.8. The molecule has 10 heteroatoms. The van der Waals surface area contributed by atoms with Crippen LogP contribution in [0.3, 0.4) is 0 Å².